The molecule has 0 saturated heterocycles. The number of aromatic nitrogens is 1. The van der Waals surface area contributed by atoms with Crippen LogP contribution in [0, 0.1) is 13.8 Å². The van der Waals surface area contributed by atoms with Gasteiger partial charge in [-0.05, 0) is 44.9 Å². The molecule has 1 unspecified atom stereocenters. The number of benzene rings is 1. The minimum absolute atomic E-state index is 0.189. The second-order valence-corrected chi connectivity index (χ2v) is 7.29. The Morgan fingerprint density at radius 2 is 2.03 bits per heavy atom. The van der Waals surface area contributed by atoms with E-state index in [9.17, 15) is 9.59 Å². The second kappa shape index (κ2) is 8.51. The van der Waals surface area contributed by atoms with E-state index < -0.39 is 6.10 Å². The van der Waals surface area contributed by atoms with Gasteiger partial charge in [0.25, 0.3) is 5.91 Å². The second-order valence-electron chi connectivity index (χ2n) is 7.29. The van der Waals surface area contributed by atoms with Crippen molar-refractivity contribution in [2.75, 3.05) is 7.05 Å². The first-order chi connectivity index (χ1) is 13.8. The fraction of sp³-hybridized carbons (Fsp3) is 0.409. The summed E-state index contributed by atoms with van der Waals surface area (Å²) in [6.07, 6.45) is 1.01. The van der Waals surface area contributed by atoms with Gasteiger partial charge in [-0.3, -0.25) is 4.79 Å². The van der Waals surface area contributed by atoms with Gasteiger partial charge in [-0.25, -0.2) is 4.79 Å². The van der Waals surface area contributed by atoms with Gasteiger partial charge < -0.3 is 18.6 Å². The van der Waals surface area contributed by atoms with Gasteiger partial charge in [0.1, 0.15) is 22.8 Å². The largest absolute Gasteiger partial charge is 0.480 e. The fourth-order valence-electron chi connectivity index (χ4n) is 3.38. The van der Waals surface area contributed by atoms with Gasteiger partial charge in [-0.15, -0.1) is 0 Å². The quantitative estimate of drug-likeness (QED) is 0.563. The number of rotatable bonds is 7. The maximum atomic E-state index is 12.7. The lowest BCUT2D eigenvalue weighted by Crippen LogP contribution is -2.37. The maximum absolute atomic E-state index is 12.7. The molecule has 2 aromatic heterocycles. The molecule has 154 valence electrons. The number of carbonyl (C=O) groups is 1. The molecule has 0 saturated carbocycles. The SMILES string of the molecule is CCCc1cc(=O)oc2c(C)c(OC(C)C(=O)N(C)Cc3cc(C)on3)ccc12. The van der Waals surface area contributed by atoms with E-state index in [1.807, 2.05) is 19.1 Å². The number of aryl methyl sites for hydroxylation is 3. The Morgan fingerprint density at radius 3 is 2.69 bits per heavy atom. The van der Waals surface area contributed by atoms with Crippen molar-refractivity contribution >= 4 is 16.9 Å². The Hall–Kier alpha value is -3.09. The van der Waals surface area contributed by atoms with Gasteiger partial charge in [-0.1, -0.05) is 18.5 Å². The van der Waals surface area contributed by atoms with E-state index in [1.165, 1.54) is 4.90 Å². The minimum atomic E-state index is -0.713. The highest BCUT2D eigenvalue weighted by molar-refractivity contribution is 5.85. The zero-order valence-electron chi connectivity index (χ0n) is 17.4. The van der Waals surface area contributed by atoms with E-state index in [4.69, 9.17) is 13.7 Å². The topological polar surface area (TPSA) is 85.8 Å². The Balaban J connectivity index is 1.80. The molecular weight excluding hydrogens is 372 g/mol. The summed E-state index contributed by atoms with van der Waals surface area (Å²) in [7, 11) is 1.69. The molecule has 0 aliphatic heterocycles. The van der Waals surface area contributed by atoms with E-state index in [-0.39, 0.29) is 11.5 Å². The minimum Gasteiger partial charge on any atom is -0.480 e. The number of ether oxygens (including phenoxy) is 1. The van der Waals surface area contributed by atoms with Crippen LogP contribution in [-0.4, -0.2) is 29.1 Å². The molecule has 7 nitrogen and oxygen atoms in total. The van der Waals surface area contributed by atoms with Crippen LogP contribution in [0.5, 0.6) is 5.75 Å². The summed E-state index contributed by atoms with van der Waals surface area (Å²) in [6, 6.07) is 7.03. The maximum Gasteiger partial charge on any atom is 0.336 e. The Bertz CT molecular complexity index is 1080. The molecule has 7 heteroatoms. The number of hydrogen-bond donors (Lipinski definition) is 0. The first-order valence-corrected chi connectivity index (χ1v) is 9.70. The van der Waals surface area contributed by atoms with Crippen LogP contribution in [-0.2, 0) is 17.8 Å². The average molecular weight is 398 g/mol. The average Bonchev–Trinajstić information content (AvgIpc) is 3.08. The predicted molar refractivity (Wildman–Crippen MR) is 109 cm³/mol. The van der Waals surface area contributed by atoms with Crippen LogP contribution in [0.3, 0.4) is 0 Å². The smallest absolute Gasteiger partial charge is 0.336 e. The van der Waals surface area contributed by atoms with Crippen LogP contribution in [0.2, 0.25) is 0 Å². The third-order valence-corrected chi connectivity index (χ3v) is 4.82. The standard InChI is InChI=1S/C22H26N2O5/c1-6-7-16-11-20(25)28-21-14(3)19(9-8-18(16)21)27-15(4)22(26)24(5)12-17-10-13(2)29-23-17/h8-11,15H,6-7,12H2,1-5H3. The highest BCUT2D eigenvalue weighted by Gasteiger charge is 2.22. The molecule has 3 rings (SSSR count). The number of fused-ring (bicyclic) bond motifs is 1. The number of nitrogens with zero attached hydrogens (tertiary/aromatic N) is 2. The van der Waals surface area contributed by atoms with Gasteiger partial charge in [0.2, 0.25) is 0 Å². The van der Waals surface area contributed by atoms with Crippen molar-refractivity contribution in [2.24, 2.45) is 0 Å². The highest BCUT2D eigenvalue weighted by Crippen LogP contribution is 2.29. The molecule has 1 aromatic carbocycles. The van der Waals surface area contributed by atoms with Crippen molar-refractivity contribution in [1.82, 2.24) is 10.1 Å². The number of hydrogen-bond acceptors (Lipinski definition) is 6. The number of carbonyl (C=O) groups excluding carboxylic acids is 1. The van der Waals surface area contributed by atoms with Crippen LogP contribution in [0.1, 0.15) is 42.8 Å². The van der Waals surface area contributed by atoms with Crippen LogP contribution in [0.4, 0.5) is 0 Å². The lowest BCUT2D eigenvalue weighted by Gasteiger charge is -2.22. The molecule has 2 heterocycles. The van der Waals surface area contributed by atoms with Crippen molar-refractivity contribution in [1.29, 1.82) is 0 Å². The molecule has 0 spiro atoms. The van der Waals surface area contributed by atoms with Gasteiger partial charge in [0.05, 0.1) is 6.54 Å². The first-order valence-electron chi connectivity index (χ1n) is 9.70. The Labute approximate surface area is 169 Å². The lowest BCUT2D eigenvalue weighted by molar-refractivity contribution is -0.137. The van der Waals surface area contributed by atoms with Crippen molar-refractivity contribution < 1.29 is 18.5 Å². The molecule has 0 fully saturated rings. The van der Waals surface area contributed by atoms with E-state index in [2.05, 4.69) is 12.1 Å². The summed E-state index contributed by atoms with van der Waals surface area (Å²) in [5.74, 6) is 1.02. The van der Waals surface area contributed by atoms with Gasteiger partial charge >= 0.3 is 5.63 Å². The molecular formula is C22H26N2O5. The van der Waals surface area contributed by atoms with E-state index in [1.54, 1.807) is 33.0 Å². The molecule has 0 radical (unpaired) electrons. The van der Waals surface area contributed by atoms with Crippen molar-refractivity contribution in [2.45, 2.75) is 53.2 Å². The molecule has 0 aliphatic rings. The van der Waals surface area contributed by atoms with Crippen LogP contribution in [0.15, 0.2) is 38.0 Å². The Morgan fingerprint density at radius 1 is 1.28 bits per heavy atom. The summed E-state index contributed by atoms with van der Waals surface area (Å²) in [5.41, 5.74) is 2.46. The lowest BCUT2D eigenvalue weighted by atomic mass is 10.0. The zero-order chi connectivity index (χ0) is 21.1. The first kappa shape index (κ1) is 20.6. The number of likely N-dealkylation sites (N-methyl/N-ethyl adjacent to an activating group) is 1. The van der Waals surface area contributed by atoms with E-state index >= 15 is 0 Å². The summed E-state index contributed by atoms with van der Waals surface area (Å²) in [4.78, 5) is 26.2. The molecule has 1 atom stereocenters. The van der Waals surface area contributed by atoms with Gasteiger partial charge in [-0.2, -0.15) is 0 Å². The van der Waals surface area contributed by atoms with Crippen molar-refractivity contribution in [3.05, 3.63) is 57.3 Å². The third-order valence-electron chi connectivity index (χ3n) is 4.82. The van der Waals surface area contributed by atoms with Crippen LogP contribution in [0.25, 0.3) is 11.0 Å². The van der Waals surface area contributed by atoms with Crippen molar-refractivity contribution in [3.8, 4) is 5.75 Å². The van der Waals surface area contributed by atoms with Gasteiger partial charge in [0, 0.05) is 30.1 Å². The summed E-state index contributed by atoms with van der Waals surface area (Å²) < 4.78 is 16.4. The molecule has 0 N–H and O–H groups in total. The Kier molecular flexibility index (Phi) is 6.06. The molecule has 0 bridgehead atoms. The number of amides is 1. The normalized spacial score (nSPS) is 12.2. The van der Waals surface area contributed by atoms with E-state index in [0.717, 1.165) is 23.8 Å². The molecule has 29 heavy (non-hydrogen) atoms. The molecule has 0 aliphatic carbocycles. The predicted octanol–water partition coefficient (Wildman–Crippen LogP) is 3.78. The monoisotopic (exact) mass is 398 g/mol. The van der Waals surface area contributed by atoms with E-state index in [0.29, 0.717) is 34.9 Å². The fourth-order valence-corrected chi connectivity index (χ4v) is 3.38. The summed E-state index contributed by atoms with van der Waals surface area (Å²) >= 11 is 0. The summed E-state index contributed by atoms with van der Waals surface area (Å²) in [6.45, 7) is 7.72. The molecule has 3 aromatic rings. The van der Waals surface area contributed by atoms with Gasteiger partial charge in [0.15, 0.2) is 6.10 Å². The van der Waals surface area contributed by atoms with Crippen LogP contribution >= 0.6 is 0 Å². The van der Waals surface area contributed by atoms with Crippen molar-refractivity contribution in [3.63, 3.8) is 0 Å². The molecule has 1 amide bonds. The summed E-state index contributed by atoms with van der Waals surface area (Å²) in [5, 5.41) is 4.81. The van der Waals surface area contributed by atoms with Crippen LogP contribution < -0.4 is 10.4 Å². The zero-order valence-corrected chi connectivity index (χ0v) is 17.4. The third kappa shape index (κ3) is 4.50. The highest BCUT2D eigenvalue weighted by atomic mass is 16.5.